The third-order valence-corrected chi connectivity index (χ3v) is 2.49. The van der Waals surface area contributed by atoms with E-state index in [0.717, 1.165) is 11.2 Å². The topological polar surface area (TPSA) is 135 Å². The van der Waals surface area contributed by atoms with Gasteiger partial charge in [0, 0.05) is 12.8 Å². The molecule has 2 heterocycles. The van der Waals surface area contributed by atoms with Gasteiger partial charge >= 0.3 is 6.16 Å². The van der Waals surface area contributed by atoms with E-state index in [9.17, 15) is 14.4 Å². The Bertz CT molecular complexity index is 491. The molecular weight excluding hydrogens is 258 g/mol. The number of amides is 2. The van der Waals surface area contributed by atoms with Crippen molar-refractivity contribution < 1.29 is 24.2 Å². The minimum Gasteiger partial charge on any atom is -0.450 e. The fourth-order valence-electron chi connectivity index (χ4n) is 1.70. The minimum absolute atomic E-state index is 0.0488. The van der Waals surface area contributed by atoms with Gasteiger partial charge < -0.3 is 9.84 Å². The van der Waals surface area contributed by atoms with E-state index in [1.165, 1.54) is 0 Å². The molecule has 1 N–H and O–H groups in total. The van der Waals surface area contributed by atoms with E-state index in [0.29, 0.717) is 0 Å². The number of carbonyl (C=O) groups excluding carboxylic acids is 2. The van der Waals surface area contributed by atoms with Gasteiger partial charge in [-0.05, 0) is 0 Å². The first-order valence-electron chi connectivity index (χ1n) is 5.30. The lowest BCUT2D eigenvalue weighted by Gasteiger charge is -2.23. The Hall–Kier alpha value is -2.65. The molecule has 1 fully saturated rings. The zero-order valence-electron chi connectivity index (χ0n) is 9.59. The molecule has 1 aromatic heterocycles. The van der Waals surface area contributed by atoms with Gasteiger partial charge in [0.05, 0.1) is 0 Å². The Balaban J connectivity index is 2.26. The number of carbonyl (C=O) groups is 3. The van der Waals surface area contributed by atoms with Crippen molar-refractivity contribution in [2.75, 3.05) is 6.61 Å². The zero-order chi connectivity index (χ0) is 13.8. The van der Waals surface area contributed by atoms with Crippen molar-refractivity contribution in [3.05, 3.63) is 12.2 Å². The summed E-state index contributed by atoms with van der Waals surface area (Å²) in [5, 5.41) is 22.7. The van der Waals surface area contributed by atoms with Gasteiger partial charge in [0.15, 0.2) is 12.2 Å². The standard InChI is InChI=1S/C9H9N5O5/c15-6-1-2-7(16)14(6)5(3-19-9(17)18)8-12-10-4-11-13-8/h4-5H,1-3H2,(H,17,18). The van der Waals surface area contributed by atoms with E-state index in [1.54, 1.807) is 0 Å². The van der Waals surface area contributed by atoms with Gasteiger partial charge in [0.1, 0.15) is 12.6 Å². The minimum atomic E-state index is -1.53. The highest BCUT2D eigenvalue weighted by atomic mass is 16.7. The highest BCUT2D eigenvalue weighted by Gasteiger charge is 2.38. The van der Waals surface area contributed by atoms with Gasteiger partial charge in [-0.25, -0.2) is 4.79 Å². The van der Waals surface area contributed by atoms with Gasteiger partial charge in [-0.15, -0.1) is 20.4 Å². The second kappa shape index (κ2) is 5.33. The number of rotatable bonds is 4. The van der Waals surface area contributed by atoms with E-state index in [2.05, 4.69) is 25.1 Å². The molecule has 0 spiro atoms. The van der Waals surface area contributed by atoms with Crippen molar-refractivity contribution in [2.45, 2.75) is 18.9 Å². The van der Waals surface area contributed by atoms with Crippen LogP contribution in [0.2, 0.25) is 0 Å². The fraction of sp³-hybridized carbons (Fsp3) is 0.444. The first kappa shape index (κ1) is 12.8. The molecule has 0 bridgehead atoms. The zero-order valence-corrected chi connectivity index (χ0v) is 9.59. The maximum absolute atomic E-state index is 11.6. The fourth-order valence-corrected chi connectivity index (χ4v) is 1.70. The molecule has 2 rings (SSSR count). The third-order valence-electron chi connectivity index (χ3n) is 2.49. The number of aromatic nitrogens is 4. The van der Waals surface area contributed by atoms with Gasteiger partial charge in [-0.3, -0.25) is 14.5 Å². The predicted octanol–water partition coefficient (Wildman–Crippen LogP) is -0.849. The van der Waals surface area contributed by atoms with Crippen LogP contribution in [-0.2, 0) is 14.3 Å². The molecule has 100 valence electrons. The van der Waals surface area contributed by atoms with E-state index in [4.69, 9.17) is 5.11 Å². The van der Waals surface area contributed by atoms with Crippen LogP contribution in [-0.4, -0.2) is 55.0 Å². The number of ether oxygens (including phenoxy) is 1. The van der Waals surface area contributed by atoms with Gasteiger partial charge in [-0.2, -0.15) is 0 Å². The molecule has 1 saturated heterocycles. The van der Waals surface area contributed by atoms with E-state index in [1.807, 2.05) is 0 Å². The SMILES string of the molecule is O=C(O)OCC(c1nncnn1)N1C(=O)CCC1=O. The highest BCUT2D eigenvalue weighted by molar-refractivity contribution is 6.02. The summed E-state index contributed by atoms with van der Waals surface area (Å²) >= 11 is 0. The van der Waals surface area contributed by atoms with Crippen molar-refractivity contribution in [1.82, 2.24) is 25.3 Å². The summed E-state index contributed by atoms with van der Waals surface area (Å²) in [5.74, 6) is -0.916. The second-order valence-corrected chi connectivity index (χ2v) is 3.65. The summed E-state index contributed by atoms with van der Waals surface area (Å²) in [6.07, 6.45) is -0.320. The molecule has 2 amide bonds. The Morgan fingerprint density at radius 2 is 1.89 bits per heavy atom. The third kappa shape index (κ3) is 2.78. The quantitative estimate of drug-likeness (QED) is 0.546. The van der Waals surface area contributed by atoms with Crippen LogP contribution >= 0.6 is 0 Å². The lowest BCUT2D eigenvalue weighted by atomic mass is 10.2. The van der Waals surface area contributed by atoms with Crippen LogP contribution in [0.4, 0.5) is 4.79 Å². The summed E-state index contributed by atoms with van der Waals surface area (Å²) in [4.78, 5) is 34.6. The molecule has 0 aromatic carbocycles. The maximum Gasteiger partial charge on any atom is 0.505 e. The molecule has 19 heavy (non-hydrogen) atoms. The lowest BCUT2D eigenvalue weighted by molar-refractivity contribution is -0.142. The number of likely N-dealkylation sites (tertiary alicyclic amines) is 1. The number of imide groups is 1. The summed E-state index contributed by atoms with van der Waals surface area (Å²) in [6.45, 7) is -0.458. The predicted molar refractivity (Wildman–Crippen MR) is 55.4 cm³/mol. The number of hydrogen-bond donors (Lipinski definition) is 1. The van der Waals surface area contributed by atoms with Gasteiger partial charge in [-0.1, -0.05) is 0 Å². The van der Waals surface area contributed by atoms with Crippen LogP contribution in [0.5, 0.6) is 0 Å². The monoisotopic (exact) mass is 267 g/mol. The summed E-state index contributed by atoms with van der Waals surface area (Å²) in [7, 11) is 0. The van der Waals surface area contributed by atoms with Crippen molar-refractivity contribution >= 4 is 18.0 Å². The van der Waals surface area contributed by atoms with E-state index >= 15 is 0 Å². The molecule has 0 saturated carbocycles. The maximum atomic E-state index is 11.6. The van der Waals surface area contributed by atoms with Crippen LogP contribution in [0, 0.1) is 0 Å². The van der Waals surface area contributed by atoms with Crippen LogP contribution in [0.25, 0.3) is 0 Å². The highest BCUT2D eigenvalue weighted by Crippen LogP contribution is 2.24. The molecular formula is C9H9N5O5. The van der Waals surface area contributed by atoms with Crippen LogP contribution in [0.3, 0.4) is 0 Å². The molecule has 1 aliphatic heterocycles. The molecule has 1 atom stereocenters. The number of carboxylic acid groups (broad SMARTS) is 1. The van der Waals surface area contributed by atoms with E-state index in [-0.39, 0.29) is 18.7 Å². The molecule has 10 nitrogen and oxygen atoms in total. The molecule has 0 aliphatic carbocycles. The number of hydrogen-bond acceptors (Lipinski definition) is 8. The number of nitrogens with zero attached hydrogens (tertiary/aromatic N) is 5. The molecule has 10 heteroatoms. The van der Waals surface area contributed by atoms with Gasteiger partial charge in [0.2, 0.25) is 11.8 Å². The molecule has 0 radical (unpaired) electrons. The lowest BCUT2D eigenvalue weighted by Crippen LogP contribution is -2.37. The average Bonchev–Trinajstić information content (AvgIpc) is 2.72. The molecule has 1 unspecified atom stereocenters. The molecule has 1 aromatic rings. The van der Waals surface area contributed by atoms with Crippen LogP contribution in [0.15, 0.2) is 6.33 Å². The van der Waals surface area contributed by atoms with Crippen molar-refractivity contribution in [3.63, 3.8) is 0 Å². The summed E-state index contributed by atoms with van der Waals surface area (Å²) < 4.78 is 4.40. The first-order chi connectivity index (χ1) is 9.09. The Kier molecular flexibility index (Phi) is 3.59. The largest absolute Gasteiger partial charge is 0.505 e. The Labute approximate surface area is 106 Å². The first-order valence-corrected chi connectivity index (χ1v) is 5.30. The summed E-state index contributed by atoms with van der Waals surface area (Å²) in [6, 6.07) is -1.04. The second-order valence-electron chi connectivity index (χ2n) is 3.65. The van der Waals surface area contributed by atoms with Crippen molar-refractivity contribution in [1.29, 1.82) is 0 Å². The van der Waals surface area contributed by atoms with Gasteiger partial charge in [0.25, 0.3) is 0 Å². The van der Waals surface area contributed by atoms with Crippen LogP contribution < -0.4 is 0 Å². The summed E-state index contributed by atoms with van der Waals surface area (Å²) in [5.41, 5.74) is 0. The molecule has 1 aliphatic rings. The Morgan fingerprint density at radius 1 is 1.32 bits per heavy atom. The Morgan fingerprint density at radius 3 is 2.42 bits per heavy atom. The van der Waals surface area contributed by atoms with Crippen molar-refractivity contribution in [3.8, 4) is 0 Å². The van der Waals surface area contributed by atoms with E-state index < -0.39 is 30.6 Å². The van der Waals surface area contributed by atoms with Crippen LogP contribution in [0.1, 0.15) is 24.7 Å². The van der Waals surface area contributed by atoms with Crippen molar-refractivity contribution in [2.24, 2.45) is 0 Å². The smallest absolute Gasteiger partial charge is 0.450 e. The normalized spacial score (nSPS) is 16.5. The average molecular weight is 267 g/mol.